The maximum absolute atomic E-state index is 13.2. The molecule has 2 aromatic rings. The summed E-state index contributed by atoms with van der Waals surface area (Å²) < 4.78 is 54.7. The van der Waals surface area contributed by atoms with Crippen LogP contribution in [0.15, 0.2) is 23.2 Å². The Hall–Kier alpha value is -1.92. The van der Waals surface area contributed by atoms with Gasteiger partial charge in [0.15, 0.2) is 5.96 Å². The number of halogens is 5. The average Bonchev–Trinajstić information content (AvgIpc) is 2.91. The van der Waals surface area contributed by atoms with E-state index >= 15 is 0 Å². The van der Waals surface area contributed by atoms with Crippen LogP contribution in [0.1, 0.15) is 42.0 Å². The van der Waals surface area contributed by atoms with Gasteiger partial charge < -0.3 is 15.2 Å². The van der Waals surface area contributed by atoms with Crippen LogP contribution >= 0.6 is 24.0 Å². The van der Waals surface area contributed by atoms with Crippen molar-refractivity contribution in [2.75, 3.05) is 13.6 Å². The summed E-state index contributed by atoms with van der Waals surface area (Å²) in [7, 11) is 1.54. The lowest BCUT2D eigenvalue weighted by atomic mass is 10.1. The van der Waals surface area contributed by atoms with Gasteiger partial charge in [-0.1, -0.05) is 12.5 Å². The van der Waals surface area contributed by atoms with E-state index in [0.717, 1.165) is 49.6 Å². The smallest absolute Gasteiger partial charge is 0.356 e. The second-order valence-corrected chi connectivity index (χ2v) is 6.90. The first-order valence-corrected chi connectivity index (χ1v) is 9.59. The number of aryl methyl sites for hydroxylation is 1. The Kier molecular flexibility index (Phi) is 8.86. The van der Waals surface area contributed by atoms with Gasteiger partial charge in [-0.05, 0) is 30.5 Å². The Balaban J connectivity index is 0.00000320. The van der Waals surface area contributed by atoms with Gasteiger partial charge in [0.05, 0.1) is 5.56 Å². The minimum absolute atomic E-state index is 0. The molecule has 11 heteroatoms. The first-order valence-electron chi connectivity index (χ1n) is 9.59. The third-order valence-corrected chi connectivity index (χ3v) is 4.87. The van der Waals surface area contributed by atoms with Crippen LogP contribution in [0, 0.1) is 5.82 Å². The number of benzene rings is 1. The minimum atomic E-state index is -4.62. The molecule has 0 amide bonds. The molecule has 1 aromatic heterocycles. The standard InChI is InChI=1S/C19H24F4N6.HI/c1-24-18(26-12-13-6-7-14(20)11-15(13)19(21,22)23)25-9-8-17-28-27-16-5-3-2-4-10-29(16)17;/h6-7,11H,2-5,8-10,12H2,1H3,(H2,24,25,26);1H. The summed E-state index contributed by atoms with van der Waals surface area (Å²) in [5, 5.41) is 14.4. The highest BCUT2D eigenvalue weighted by molar-refractivity contribution is 14.0. The van der Waals surface area contributed by atoms with Gasteiger partial charge in [-0.25, -0.2) is 4.39 Å². The van der Waals surface area contributed by atoms with Crippen LogP contribution in [0.25, 0.3) is 0 Å². The SMILES string of the molecule is CN=C(NCCc1nnc2n1CCCCC2)NCc1ccc(F)cc1C(F)(F)F.I. The number of fused-ring (bicyclic) bond motifs is 1. The summed E-state index contributed by atoms with van der Waals surface area (Å²) in [5.41, 5.74) is -1.05. The number of aromatic nitrogens is 3. The molecule has 1 aliphatic rings. The highest BCUT2D eigenvalue weighted by Gasteiger charge is 2.33. The van der Waals surface area contributed by atoms with Crippen LogP contribution in [0.5, 0.6) is 0 Å². The van der Waals surface area contributed by atoms with Crippen molar-refractivity contribution in [3.8, 4) is 0 Å². The molecule has 0 radical (unpaired) electrons. The van der Waals surface area contributed by atoms with Crippen LogP contribution in [0.3, 0.4) is 0 Å². The fraction of sp³-hybridized carbons (Fsp3) is 0.526. The lowest BCUT2D eigenvalue weighted by Crippen LogP contribution is -2.38. The highest BCUT2D eigenvalue weighted by atomic mass is 127. The molecule has 2 heterocycles. The number of hydrogen-bond acceptors (Lipinski definition) is 3. The minimum Gasteiger partial charge on any atom is -0.356 e. The van der Waals surface area contributed by atoms with Crippen LogP contribution in [0.4, 0.5) is 17.6 Å². The van der Waals surface area contributed by atoms with E-state index < -0.39 is 17.6 Å². The second kappa shape index (κ2) is 10.9. The van der Waals surface area contributed by atoms with Gasteiger partial charge in [-0.15, -0.1) is 34.2 Å². The molecule has 0 fully saturated rings. The average molecular weight is 540 g/mol. The number of hydrogen-bond donors (Lipinski definition) is 2. The zero-order chi connectivity index (χ0) is 20.9. The highest BCUT2D eigenvalue weighted by Crippen LogP contribution is 2.32. The maximum atomic E-state index is 13.2. The van der Waals surface area contributed by atoms with Crippen molar-refractivity contribution < 1.29 is 17.6 Å². The van der Waals surface area contributed by atoms with Gasteiger partial charge in [0.2, 0.25) is 0 Å². The Bertz CT molecular complexity index is 865. The van der Waals surface area contributed by atoms with E-state index in [2.05, 4.69) is 30.4 Å². The molecule has 0 unspecified atom stereocenters. The topological polar surface area (TPSA) is 67.1 Å². The largest absolute Gasteiger partial charge is 0.416 e. The molecule has 1 aromatic carbocycles. The molecule has 166 valence electrons. The van der Waals surface area contributed by atoms with Gasteiger partial charge in [0, 0.05) is 39.5 Å². The van der Waals surface area contributed by atoms with Crippen molar-refractivity contribution >= 4 is 29.9 Å². The third kappa shape index (κ3) is 6.29. The summed E-state index contributed by atoms with van der Waals surface area (Å²) in [6.07, 6.45) is 0.341. The number of alkyl halides is 3. The molecule has 0 bridgehead atoms. The number of aliphatic imine (C=N–C) groups is 1. The summed E-state index contributed by atoms with van der Waals surface area (Å²) >= 11 is 0. The van der Waals surface area contributed by atoms with E-state index in [4.69, 9.17) is 0 Å². The van der Waals surface area contributed by atoms with Crippen molar-refractivity contribution in [3.05, 3.63) is 46.8 Å². The van der Waals surface area contributed by atoms with Crippen molar-refractivity contribution in [1.29, 1.82) is 0 Å². The van der Waals surface area contributed by atoms with Crippen molar-refractivity contribution in [3.63, 3.8) is 0 Å². The molecule has 0 aliphatic carbocycles. The molecule has 6 nitrogen and oxygen atoms in total. The Morgan fingerprint density at radius 3 is 2.70 bits per heavy atom. The predicted molar refractivity (Wildman–Crippen MR) is 116 cm³/mol. The zero-order valence-corrected chi connectivity index (χ0v) is 18.9. The quantitative estimate of drug-likeness (QED) is 0.263. The van der Waals surface area contributed by atoms with Crippen molar-refractivity contribution in [1.82, 2.24) is 25.4 Å². The number of nitrogens with zero attached hydrogens (tertiary/aromatic N) is 4. The van der Waals surface area contributed by atoms with Gasteiger partial charge in [-0.3, -0.25) is 4.99 Å². The van der Waals surface area contributed by atoms with E-state index in [-0.39, 0.29) is 36.1 Å². The number of rotatable bonds is 5. The van der Waals surface area contributed by atoms with Crippen LogP contribution in [0.2, 0.25) is 0 Å². The first-order chi connectivity index (χ1) is 13.9. The van der Waals surface area contributed by atoms with Gasteiger partial charge in [-0.2, -0.15) is 13.2 Å². The van der Waals surface area contributed by atoms with E-state index in [0.29, 0.717) is 25.0 Å². The van der Waals surface area contributed by atoms with Crippen molar-refractivity contribution in [2.45, 2.75) is 51.4 Å². The van der Waals surface area contributed by atoms with E-state index in [9.17, 15) is 17.6 Å². The Morgan fingerprint density at radius 2 is 1.97 bits per heavy atom. The molecule has 0 saturated heterocycles. The Morgan fingerprint density at radius 1 is 1.17 bits per heavy atom. The molecule has 2 N–H and O–H groups in total. The first kappa shape index (κ1) is 24.4. The maximum Gasteiger partial charge on any atom is 0.416 e. The van der Waals surface area contributed by atoms with E-state index in [1.54, 1.807) is 0 Å². The molecule has 0 atom stereocenters. The van der Waals surface area contributed by atoms with E-state index in [1.807, 2.05) is 0 Å². The molecule has 1 aliphatic heterocycles. The predicted octanol–water partition coefficient (Wildman–Crippen LogP) is 3.69. The van der Waals surface area contributed by atoms with Gasteiger partial charge in [0.1, 0.15) is 17.5 Å². The second-order valence-electron chi connectivity index (χ2n) is 6.90. The van der Waals surface area contributed by atoms with Gasteiger partial charge >= 0.3 is 6.18 Å². The van der Waals surface area contributed by atoms with Gasteiger partial charge in [0.25, 0.3) is 0 Å². The molecule has 30 heavy (non-hydrogen) atoms. The summed E-state index contributed by atoms with van der Waals surface area (Å²) in [5.74, 6) is 1.34. The molecular weight excluding hydrogens is 515 g/mol. The van der Waals surface area contributed by atoms with Crippen molar-refractivity contribution in [2.24, 2.45) is 4.99 Å². The number of guanidine groups is 1. The lowest BCUT2D eigenvalue weighted by molar-refractivity contribution is -0.138. The molecule has 0 saturated carbocycles. The Labute approximate surface area is 189 Å². The summed E-state index contributed by atoms with van der Waals surface area (Å²) in [4.78, 5) is 4.03. The lowest BCUT2D eigenvalue weighted by Gasteiger charge is -2.16. The fourth-order valence-electron chi connectivity index (χ4n) is 3.39. The monoisotopic (exact) mass is 540 g/mol. The third-order valence-electron chi connectivity index (χ3n) is 4.87. The molecule has 0 spiro atoms. The summed E-state index contributed by atoms with van der Waals surface area (Å²) in [6, 6.07) is 2.65. The number of nitrogens with one attached hydrogen (secondary N) is 2. The van der Waals surface area contributed by atoms with Crippen LogP contribution in [-0.2, 0) is 32.1 Å². The van der Waals surface area contributed by atoms with Crippen LogP contribution in [-0.4, -0.2) is 34.3 Å². The molecular formula is C19H25F4IN6. The zero-order valence-electron chi connectivity index (χ0n) is 16.6. The van der Waals surface area contributed by atoms with E-state index in [1.165, 1.54) is 13.5 Å². The molecule has 3 rings (SSSR count). The van der Waals surface area contributed by atoms with Crippen LogP contribution < -0.4 is 10.6 Å². The summed E-state index contributed by atoms with van der Waals surface area (Å²) in [6.45, 7) is 1.29. The fourth-order valence-corrected chi connectivity index (χ4v) is 3.39. The normalized spacial score (nSPS) is 14.5.